The van der Waals surface area contributed by atoms with Crippen molar-refractivity contribution in [2.24, 2.45) is 4.99 Å². The molecule has 0 amide bonds. The van der Waals surface area contributed by atoms with Gasteiger partial charge in [0.15, 0.2) is 12.8 Å². The van der Waals surface area contributed by atoms with Crippen LogP contribution in [0, 0.1) is 5.82 Å². The molecule has 0 aliphatic carbocycles. The van der Waals surface area contributed by atoms with Crippen molar-refractivity contribution in [2.45, 2.75) is 52.7 Å². The second-order valence-electron chi connectivity index (χ2n) is 7.13. The molecule has 1 aliphatic heterocycles. The Balaban J connectivity index is 1.77. The normalized spacial score (nSPS) is 15.1. The van der Waals surface area contributed by atoms with E-state index in [1.54, 1.807) is 7.05 Å². The average Bonchev–Trinajstić information content (AvgIpc) is 2.70. The Labute approximate surface area is 168 Å². The Morgan fingerprint density at radius 2 is 2.11 bits per heavy atom. The highest BCUT2D eigenvalue weighted by atomic mass is 19.1. The molecule has 0 bridgehead atoms. The van der Waals surface area contributed by atoms with Crippen LogP contribution in [-0.4, -0.2) is 56.9 Å². The molecule has 0 spiro atoms. The molecule has 28 heavy (non-hydrogen) atoms. The minimum atomic E-state index is -0.257. The summed E-state index contributed by atoms with van der Waals surface area (Å²) in [4.78, 5) is 6.74. The van der Waals surface area contributed by atoms with Gasteiger partial charge in [0.05, 0.1) is 6.61 Å². The third-order valence-electron chi connectivity index (χ3n) is 5.05. The summed E-state index contributed by atoms with van der Waals surface area (Å²) in [5, 5.41) is 6.75. The molecule has 0 radical (unpaired) electrons. The Kier molecular flexibility index (Phi) is 9.50. The summed E-state index contributed by atoms with van der Waals surface area (Å²) in [5.74, 6) is 1.26. The van der Waals surface area contributed by atoms with Crippen LogP contribution in [0.25, 0.3) is 0 Å². The number of fused-ring (bicyclic) bond motifs is 1. The number of guanidine groups is 1. The van der Waals surface area contributed by atoms with Gasteiger partial charge < -0.3 is 25.0 Å². The topological polar surface area (TPSA) is 58.1 Å². The molecule has 7 heteroatoms. The molecule has 6 nitrogen and oxygen atoms in total. The fourth-order valence-electron chi connectivity index (χ4n) is 3.42. The Morgan fingerprint density at radius 1 is 1.32 bits per heavy atom. The molecular weight excluding hydrogens is 359 g/mol. The van der Waals surface area contributed by atoms with E-state index in [2.05, 4.69) is 41.3 Å². The summed E-state index contributed by atoms with van der Waals surface area (Å²) < 4.78 is 24.6. The summed E-state index contributed by atoms with van der Waals surface area (Å²) in [6.07, 6.45) is 2.89. The van der Waals surface area contributed by atoms with E-state index in [9.17, 15) is 4.39 Å². The first kappa shape index (κ1) is 22.4. The predicted octanol–water partition coefficient (Wildman–Crippen LogP) is 2.91. The van der Waals surface area contributed by atoms with E-state index in [4.69, 9.17) is 9.47 Å². The summed E-state index contributed by atoms with van der Waals surface area (Å²) in [7, 11) is 1.77. The molecule has 0 aromatic heterocycles. The van der Waals surface area contributed by atoms with Crippen molar-refractivity contribution in [3.05, 3.63) is 29.1 Å². The molecule has 0 saturated heterocycles. The van der Waals surface area contributed by atoms with Gasteiger partial charge in [-0.1, -0.05) is 13.8 Å². The highest BCUT2D eigenvalue weighted by Gasteiger charge is 2.17. The summed E-state index contributed by atoms with van der Waals surface area (Å²) >= 11 is 0. The van der Waals surface area contributed by atoms with Gasteiger partial charge in [0.1, 0.15) is 11.6 Å². The summed E-state index contributed by atoms with van der Waals surface area (Å²) in [6.45, 7) is 11.1. The van der Waals surface area contributed by atoms with Gasteiger partial charge in [-0.2, -0.15) is 0 Å². The maximum atomic E-state index is 13.8. The zero-order valence-electron chi connectivity index (χ0n) is 17.7. The molecular formula is C21H35FN4O2. The van der Waals surface area contributed by atoms with Gasteiger partial charge in [-0.05, 0) is 63.5 Å². The molecule has 0 saturated carbocycles. The van der Waals surface area contributed by atoms with E-state index in [1.165, 1.54) is 12.1 Å². The lowest BCUT2D eigenvalue weighted by molar-refractivity contribution is -0.0172. The molecule has 1 heterocycles. The number of nitrogens with zero attached hydrogens (tertiary/aromatic N) is 2. The minimum absolute atomic E-state index is 0.216. The molecule has 2 N–H and O–H groups in total. The molecule has 0 fully saturated rings. The van der Waals surface area contributed by atoms with Crippen molar-refractivity contribution >= 4 is 5.96 Å². The van der Waals surface area contributed by atoms with Gasteiger partial charge in [-0.25, -0.2) is 4.39 Å². The van der Waals surface area contributed by atoms with E-state index in [0.717, 1.165) is 55.3 Å². The Hall–Kier alpha value is -1.86. The minimum Gasteiger partial charge on any atom is -0.467 e. The fraction of sp³-hybridized carbons (Fsp3) is 0.667. The van der Waals surface area contributed by atoms with Crippen LogP contribution < -0.4 is 15.4 Å². The molecule has 1 unspecified atom stereocenters. The largest absolute Gasteiger partial charge is 0.467 e. The fourth-order valence-corrected chi connectivity index (χ4v) is 3.42. The first-order valence-corrected chi connectivity index (χ1v) is 10.3. The van der Waals surface area contributed by atoms with E-state index < -0.39 is 0 Å². The zero-order valence-corrected chi connectivity index (χ0v) is 17.7. The third-order valence-corrected chi connectivity index (χ3v) is 5.05. The van der Waals surface area contributed by atoms with Gasteiger partial charge in [0.25, 0.3) is 0 Å². The van der Waals surface area contributed by atoms with Crippen LogP contribution in [0.3, 0.4) is 0 Å². The van der Waals surface area contributed by atoms with Crippen molar-refractivity contribution in [1.82, 2.24) is 15.5 Å². The average molecular weight is 395 g/mol. The highest BCUT2D eigenvalue weighted by molar-refractivity contribution is 5.79. The number of hydrogen-bond donors (Lipinski definition) is 2. The van der Waals surface area contributed by atoms with Crippen molar-refractivity contribution in [3.63, 3.8) is 0 Å². The summed E-state index contributed by atoms with van der Waals surface area (Å²) in [6, 6.07) is 3.35. The molecule has 1 atom stereocenters. The predicted molar refractivity (Wildman–Crippen MR) is 111 cm³/mol. The lowest BCUT2D eigenvalue weighted by Crippen LogP contribution is -2.43. The number of benzene rings is 1. The van der Waals surface area contributed by atoms with Crippen LogP contribution in [-0.2, 0) is 17.8 Å². The molecule has 1 aromatic rings. The number of hydrogen-bond acceptors (Lipinski definition) is 4. The first-order chi connectivity index (χ1) is 13.6. The van der Waals surface area contributed by atoms with E-state index in [1.807, 2.05) is 0 Å². The second kappa shape index (κ2) is 11.9. The van der Waals surface area contributed by atoms with Crippen LogP contribution in [0.1, 0.15) is 44.7 Å². The Bertz CT molecular complexity index is 635. The number of nitrogens with one attached hydrogen (secondary N) is 2. The zero-order chi connectivity index (χ0) is 20.4. The summed E-state index contributed by atoms with van der Waals surface area (Å²) in [5.41, 5.74) is 1.62. The standard InChI is InChI=1S/C21H35FN4O2/c1-5-26(6-2)11-7-8-16(3)25-21(23-4)24-10-9-17-12-19(22)13-18-14-27-15-28-20(17)18/h12-13,16H,5-11,14-15H2,1-4H3,(H2,23,24,25). The van der Waals surface area contributed by atoms with Crippen molar-refractivity contribution in [2.75, 3.05) is 40.0 Å². The maximum absolute atomic E-state index is 13.8. The number of rotatable bonds is 10. The van der Waals surface area contributed by atoms with Crippen LogP contribution in [0.2, 0.25) is 0 Å². The van der Waals surface area contributed by atoms with Crippen LogP contribution in [0.5, 0.6) is 5.75 Å². The molecule has 2 rings (SSSR count). The van der Waals surface area contributed by atoms with Crippen molar-refractivity contribution in [3.8, 4) is 5.75 Å². The SMILES string of the molecule is CCN(CC)CCCC(C)NC(=NC)NCCc1cc(F)cc2c1OCOC2. The van der Waals surface area contributed by atoms with Gasteiger partial charge >= 0.3 is 0 Å². The molecule has 1 aromatic carbocycles. The second-order valence-corrected chi connectivity index (χ2v) is 7.13. The van der Waals surface area contributed by atoms with E-state index >= 15 is 0 Å². The Morgan fingerprint density at radius 3 is 2.82 bits per heavy atom. The maximum Gasteiger partial charge on any atom is 0.191 e. The lowest BCUT2D eigenvalue weighted by Gasteiger charge is -2.22. The van der Waals surface area contributed by atoms with Gasteiger partial charge in [-0.15, -0.1) is 0 Å². The number of halogens is 1. The molecule has 158 valence electrons. The quantitative estimate of drug-likeness (QED) is 0.472. The van der Waals surface area contributed by atoms with Gasteiger partial charge in [-0.3, -0.25) is 4.99 Å². The lowest BCUT2D eigenvalue weighted by atomic mass is 10.1. The van der Waals surface area contributed by atoms with Crippen molar-refractivity contribution in [1.29, 1.82) is 0 Å². The monoisotopic (exact) mass is 394 g/mol. The van der Waals surface area contributed by atoms with Gasteiger partial charge in [0.2, 0.25) is 0 Å². The van der Waals surface area contributed by atoms with Crippen molar-refractivity contribution < 1.29 is 13.9 Å². The van der Waals surface area contributed by atoms with E-state index in [0.29, 0.717) is 25.6 Å². The van der Waals surface area contributed by atoms with Crippen LogP contribution in [0.15, 0.2) is 17.1 Å². The third kappa shape index (κ3) is 6.95. The highest BCUT2D eigenvalue weighted by Crippen LogP contribution is 2.29. The van der Waals surface area contributed by atoms with E-state index in [-0.39, 0.29) is 12.6 Å². The van der Waals surface area contributed by atoms with Crippen LogP contribution in [0.4, 0.5) is 4.39 Å². The van der Waals surface area contributed by atoms with Gasteiger partial charge in [0, 0.05) is 25.2 Å². The smallest absolute Gasteiger partial charge is 0.191 e. The van der Waals surface area contributed by atoms with Crippen LogP contribution >= 0.6 is 0 Å². The number of aliphatic imine (C=N–C) groups is 1. The first-order valence-electron chi connectivity index (χ1n) is 10.3. The molecule has 1 aliphatic rings. The number of ether oxygens (including phenoxy) is 2.